The van der Waals surface area contributed by atoms with E-state index in [-0.39, 0.29) is 18.4 Å². The molecule has 0 radical (unpaired) electrons. The Hall–Kier alpha value is -3.02. The van der Waals surface area contributed by atoms with Gasteiger partial charge in [0.25, 0.3) is 11.8 Å². The Labute approximate surface area is 160 Å². The molecular formula is C21H27N3O3. The first-order valence-corrected chi connectivity index (χ1v) is 8.94. The fraction of sp³-hybridized carbons (Fsp3) is 0.333. The Kier molecular flexibility index (Phi) is 7.23. The summed E-state index contributed by atoms with van der Waals surface area (Å²) in [6.07, 6.45) is 0. The molecule has 2 aromatic carbocycles. The van der Waals surface area contributed by atoms with Crippen molar-refractivity contribution in [2.24, 2.45) is 5.92 Å². The quantitative estimate of drug-likeness (QED) is 0.750. The van der Waals surface area contributed by atoms with E-state index in [1.54, 1.807) is 24.3 Å². The van der Waals surface area contributed by atoms with Gasteiger partial charge in [0, 0.05) is 32.0 Å². The van der Waals surface area contributed by atoms with E-state index >= 15 is 0 Å². The number of carbonyl (C=O) groups excluding carboxylic acids is 2. The predicted octanol–water partition coefficient (Wildman–Crippen LogP) is 3.16. The van der Waals surface area contributed by atoms with Crippen LogP contribution in [0.2, 0.25) is 0 Å². The maximum atomic E-state index is 12.5. The van der Waals surface area contributed by atoms with E-state index in [0.717, 1.165) is 5.69 Å². The van der Waals surface area contributed by atoms with Crippen molar-refractivity contribution in [1.29, 1.82) is 0 Å². The Morgan fingerprint density at radius 1 is 1.07 bits per heavy atom. The number of hydrogen-bond acceptors (Lipinski definition) is 4. The average molecular weight is 369 g/mol. The first-order chi connectivity index (χ1) is 12.9. The number of amides is 2. The van der Waals surface area contributed by atoms with Crippen LogP contribution in [0.5, 0.6) is 5.75 Å². The summed E-state index contributed by atoms with van der Waals surface area (Å²) in [6.45, 7) is 4.56. The normalized spacial score (nSPS) is 10.4. The lowest BCUT2D eigenvalue weighted by Crippen LogP contribution is -2.29. The van der Waals surface area contributed by atoms with Crippen LogP contribution in [-0.2, 0) is 4.79 Å². The molecule has 0 saturated carbocycles. The molecule has 0 aliphatic heterocycles. The number of nitrogens with zero attached hydrogens (tertiary/aromatic N) is 1. The third kappa shape index (κ3) is 6.33. The molecule has 27 heavy (non-hydrogen) atoms. The van der Waals surface area contributed by atoms with Crippen molar-refractivity contribution in [3.63, 3.8) is 0 Å². The zero-order valence-electron chi connectivity index (χ0n) is 16.3. The molecule has 0 heterocycles. The third-order valence-electron chi connectivity index (χ3n) is 3.79. The van der Waals surface area contributed by atoms with Gasteiger partial charge in [-0.15, -0.1) is 0 Å². The molecule has 0 saturated heterocycles. The second-order valence-corrected chi connectivity index (χ2v) is 6.88. The lowest BCUT2D eigenvalue weighted by molar-refractivity contribution is -0.118. The van der Waals surface area contributed by atoms with Crippen LogP contribution in [0.4, 0.5) is 11.4 Å². The lowest BCUT2D eigenvalue weighted by atomic mass is 10.1. The summed E-state index contributed by atoms with van der Waals surface area (Å²) >= 11 is 0. The van der Waals surface area contributed by atoms with E-state index < -0.39 is 0 Å². The molecule has 0 aliphatic rings. The van der Waals surface area contributed by atoms with Crippen molar-refractivity contribution in [3.8, 4) is 5.75 Å². The van der Waals surface area contributed by atoms with E-state index in [2.05, 4.69) is 10.6 Å². The SMILES string of the molecule is CC(C)CNC(=O)c1cc(NC(=O)COc2ccccc2)ccc1N(C)C. The number of para-hydroxylation sites is 1. The Balaban J connectivity index is 2.06. The largest absolute Gasteiger partial charge is 0.484 e. The van der Waals surface area contributed by atoms with Crippen LogP contribution >= 0.6 is 0 Å². The highest BCUT2D eigenvalue weighted by Crippen LogP contribution is 2.23. The number of benzene rings is 2. The van der Waals surface area contributed by atoms with Gasteiger partial charge < -0.3 is 20.3 Å². The van der Waals surface area contributed by atoms with Crippen molar-refractivity contribution < 1.29 is 14.3 Å². The van der Waals surface area contributed by atoms with Gasteiger partial charge in [-0.2, -0.15) is 0 Å². The van der Waals surface area contributed by atoms with Gasteiger partial charge in [-0.1, -0.05) is 32.0 Å². The molecule has 2 rings (SSSR count). The topological polar surface area (TPSA) is 70.7 Å². The van der Waals surface area contributed by atoms with Crippen molar-refractivity contribution in [3.05, 3.63) is 54.1 Å². The fourth-order valence-corrected chi connectivity index (χ4v) is 2.44. The molecule has 0 bridgehead atoms. The van der Waals surface area contributed by atoms with E-state index in [4.69, 9.17) is 4.74 Å². The molecule has 6 nitrogen and oxygen atoms in total. The summed E-state index contributed by atoms with van der Waals surface area (Å²) in [5.41, 5.74) is 1.86. The molecule has 0 aliphatic carbocycles. The van der Waals surface area contributed by atoms with Crippen LogP contribution in [-0.4, -0.2) is 39.1 Å². The fourth-order valence-electron chi connectivity index (χ4n) is 2.44. The maximum Gasteiger partial charge on any atom is 0.262 e. The summed E-state index contributed by atoms with van der Waals surface area (Å²) in [4.78, 5) is 26.6. The van der Waals surface area contributed by atoms with Crippen LogP contribution in [0.3, 0.4) is 0 Å². The van der Waals surface area contributed by atoms with Crippen molar-refractivity contribution in [1.82, 2.24) is 5.32 Å². The number of carbonyl (C=O) groups is 2. The number of hydrogen-bond donors (Lipinski definition) is 2. The van der Waals surface area contributed by atoms with E-state index in [0.29, 0.717) is 29.5 Å². The van der Waals surface area contributed by atoms with Crippen LogP contribution in [0, 0.1) is 5.92 Å². The Bertz CT molecular complexity index is 773. The highest BCUT2D eigenvalue weighted by molar-refractivity contribution is 6.02. The molecule has 0 unspecified atom stereocenters. The smallest absolute Gasteiger partial charge is 0.262 e. The minimum Gasteiger partial charge on any atom is -0.484 e. The van der Waals surface area contributed by atoms with Crippen molar-refractivity contribution in [2.75, 3.05) is 37.5 Å². The minimum atomic E-state index is -0.287. The van der Waals surface area contributed by atoms with Crippen LogP contribution in [0.1, 0.15) is 24.2 Å². The number of nitrogens with one attached hydrogen (secondary N) is 2. The highest BCUT2D eigenvalue weighted by atomic mass is 16.5. The Morgan fingerprint density at radius 3 is 2.41 bits per heavy atom. The van der Waals surface area contributed by atoms with Crippen molar-refractivity contribution >= 4 is 23.2 Å². The van der Waals surface area contributed by atoms with Gasteiger partial charge >= 0.3 is 0 Å². The van der Waals surface area contributed by atoms with E-state index in [1.165, 1.54) is 0 Å². The predicted molar refractivity (Wildman–Crippen MR) is 109 cm³/mol. The molecule has 2 N–H and O–H groups in total. The standard InChI is InChI=1S/C21H27N3O3/c1-15(2)13-22-21(26)18-12-16(10-11-19(18)24(3)4)23-20(25)14-27-17-8-6-5-7-9-17/h5-12,15H,13-14H2,1-4H3,(H,22,26)(H,23,25). The first-order valence-electron chi connectivity index (χ1n) is 8.94. The van der Waals surface area contributed by atoms with Crippen LogP contribution in [0.25, 0.3) is 0 Å². The summed E-state index contributed by atoms with van der Waals surface area (Å²) < 4.78 is 5.44. The molecular weight excluding hydrogens is 342 g/mol. The molecule has 2 aromatic rings. The zero-order valence-corrected chi connectivity index (χ0v) is 16.3. The zero-order chi connectivity index (χ0) is 19.8. The number of rotatable bonds is 8. The van der Waals surface area contributed by atoms with Gasteiger partial charge in [0.05, 0.1) is 5.56 Å². The molecule has 144 valence electrons. The summed E-state index contributed by atoms with van der Waals surface area (Å²) in [6, 6.07) is 14.4. The lowest BCUT2D eigenvalue weighted by Gasteiger charge is -2.19. The van der Waals surface area contributed by atoms with Crippen LogP contribution < -0.4 is 20.3 Å². The summed E-state index contributed by atoms with van der Waals surface area (Å²) in [5.74, 6) is 0.535. The number of anilines is 2. The molecule has 0 fully saturated rings. The molecule has 2 amide bonds. The van der Waals surface area contributed by atoms with Gasteiger partial charge in [0.15, 0.2) is 6.61 Å². The van der Waals surface area contributed by atoms with Gasteiger partial charge in [-0.25, -0.2) is 0 Å². The molecule has 6 heteroatoms. The second kappa shape index (κ2) is 9.62. The molecule has 0 spiro atoms. The van der Waals surface area contributed by atoms with Crippen molar-refractivity contribution in [2.45, 2.75) is 13.8 Å². The van der Waals surface area contributed by atoms with Gasteiger partial charge in [0.2, 0.25) is 0 Å². The summed E-state index contributed by atoms with van der Waals surface area (Å²) in [7, 11) is 3.75. The summed E-state index contributed by atoms with van der Waals surface area (Å²) in [5, 5.41) is 5.69. The Morgan fingerprint density at radius 2 is 1.78 bits per heavy atom. The first kappa shape index (κ1) is 20.3. The monoisotopic (exact) mass is 369 g/mol. The number of ether oxygens (including phenoxy) is 1. The molecule has 0 aromatic heterocycles. The van der Waals surface area contributed by atoms with Gasteiger partial charge in [-0.05, 0) is 36.2 Å². The van der Waals surface area contributed by atoms with E-state index in [9.17, 15) is 9.59 Å². The highest BCUT2D eigenvalue weighted by Gasteiger charge is 2.15. The second-order valence-electron chi connectivity index (χ2n) is 6.88. The average Bonchev–Trinajstić information content (AvgIpc) is 2.65. The molecule has 0 atom stereocenters. The van der Waals surface area contributed by atoms with Gasteiger partial charge in [-0.3, -0.25) is 9.59 Å². The maximum absolute atomic E-state index is 12.5. The van der Waals surface area contributed by atoms with Gasteiger partial charge in [0.1, 0.15) is 5.75 Å². The third-order valence-corrected chi connectivity index (χ3v) is 3.79. The van der Waals surface area contributed by atoms with E-state index in [1.807, 2.05) is 57.1 Å². The minimum absolute atomic E-state index is 0.103. The van der Waals surface area contributed by atoms with Crippen LogP contribution in [0.15, 0.2) is 48.5 Å².